The first-order valence-electron chi connectivity index (χ1n) is 6.40. The first kappa shape index (κ1) is 14.8. The van der Waals surface area contributed by atoms with Gasteiger partial charge in [-0.15, -0.1) is 0 Å². The first-order chi connectivity index (χ1) is 9.87. The van der Waals surface area contributed by atoms with Crippen LogP contribution in [0.2, 0.25) is 0 Å². The molecule has 0 aliphatic carbocycles. The molecule has 0 aliphatic rings. The van der Waals surface area contributed by atoms with Gasteiger partial charge in [-0.05, 0) is 32.9 Å². The van der Waals surface area contributed by atoms with Crippen LogP contribution in [0.5, 0.6) is 0 Å². The van der Waals surface area contributed by atoms with Crippen molar-refractivity contribution in [3.05, 3.63) is 40.6 Å². The van der Waals surface area contributed by atoms with E-state index in [-0.39, 0.29) is 22.9 Å². The third-order valence-electron chi connectivity index (χ3n) is 2.51. The zero-order chi connectivity index (χ0) is 15.5. The molecule has 0 aliphatic heterocycles. The molecule has 0 aromatic carbocycles. The van der Waals surface area contributed by atoms with Gasteiger partial charge < -0.3 is 15.1 Å². The summed E-state index contributed by atoms with van der Waals surface area (Å²) in [5, 5.41) is 17.2. The maximum Gasteiger partial charge on any atom is 0.353 e. The highest BCUT2D eigenvalue weighted by molar-refractivity contribution is 5.69. The Kier molecular flexibility index (Phi) is 4.06. The molecule has 0 amide bonds. The van der Waals surface area contributed by atoms with E-state index in [0.717, 1.165) is 0 Å². The SMILES string of the molecule is CC(C)(C)Nc1ncnc(NCc2ccco2)c1[N+](=O)[O-]. The molecule has 2 rings (SSSR count). The van der Waals surface area contributed by atoms with Gasteiger partial charge in [-0.3, -0.25) is 10.1 Å². The van der Waals surface area contributed by atoms with Crippen LogP contribution in [0.15, 0.2) is 29.1 Å². The summed E-state index contributed by atoms with van der Waals surface area (Å²) in [6.07, 6.45) is 2.82. The summed E-state index contributed by atoms with van der Waals surface area (Å²) >= 11 is 0. The van der Waals surface area contributed by atoms with Crippen molar-refractivity contribution >= 4 is 17.3 Å². The fourth-order valence-electron chi connectivity index (χ4n) is 1.71. The van der Waals surface area contributed by atoms with E-state index >= 15 is 0 Å². The van der Waals surface area contributed by atoms with Gasteiger partial charge in [0, 0.05) is 5.54 Å². The lowest BCUT2D eigenvalue weighted by atomic mass is 10.1. The molecule has 0 saturated carbocycles. The Bertz CT molecular complexity index is 619. The second-order valence-electron chi connectivity index (χ2n) is 5.48. The molecule has 2 aromatic heterocycles. The summed E-state index contributed by atoms with van der Waals surface area (Å²) in [4.78, 5) is 18.7. The van der Waals surface area contributed by atoms with Crippen molar-refractivity contribution in [1.82, 2.24) is 9.97 Å². The number of hydrogen-bond acceptors (Lipinski definition) is 7. The molecule has 2 heterocycles. The van der Waals surface area contributed by atoms with Gasteiger partial charge in [-0.1, -0.05) is 0 Å². The fraction of sp³-hybridized carbons (Fsp3) is 0.385. The quantitative estimate of drug-likeness (QED) is 0.644. The molecular weight excluding hydrogens is 274 g/mol. The highest BCUT2D eigenvalue weighted by Gasteiger charge is 2.25. The zero-order valence-corrected chi connectivity index (χ0v) is 12.1. The second-order valence-corrected chi connectivity index (χ2v) is 5.48. The van der Waals surface area contributed by atoms with Crippen LogP contribution in [-0.2, 0) is 6.54 Å². The summed E-state index contributed by atoms with van der Waals surface area (Å²) in [6, 6.07) is 3.52. The topological polar surface area (TPSA) is 106 Å². The molecule has 2 N–H and O–H groups in total. The Morgan fingerprint density at radius 2 is 2.05 bits per heavy atom. The molecule has 0 fully saturated rings. The lowest BCUT2D eigenvalue weighted by molar-refractivity contribution is -0.383. The van der Waals surface area contributed by atoms with Crippen molar-refractivity contribution in [2.45, 2.75) is 32.9 Å². The van der Waals surface area contributed by atoms with Crippen LogP contribution >= 0.6 is 0 Å². The summed E-state index contributed by atoms with van der Waals surface area (Å²) in [5.41, 5.74) is -0.531. The number of aromatic nitrogens is 2. The minimum atomic E-state index is -0.501. The number of nitrogens with one attached hydrogen (secondary N) is 2. The Morgan fingerprint density at radius 1 is 1.33 bits per heavy atom. The lowest BCUT2D eigenvalue weighted by Crippen LogP contribution is -2.27. The van der Waals surface area contributed by atoms with Crippen molar-refractivity contribution < 1.29 is 9.34 Å². The molecule has 2 aromatic rings. The first-order valence-corrected chi connectivity index (χ1v) is 6.40. The van der Waals surface area contributed by atoms with Gasteiger partial charge in [0.15, 0.2) is 0 Å². The average molecular weight is 291 g/mol. The van der Waals surface area contributed by atoms with Crippen LogP contribution in [0.3, 0.4) is 0 Å². The third kappa shape index (κ3) is 3.91. The summed E-state index contributed by atoms with van der Waals surface area (Å²) in [6.45, 7) is 6.00. The largest absolute Gasteiger partial charge is 0.467 e. The number of furan rings is 1. The highest BCUT2D eigenvalue weighted by atomic mass is 16.6. The van der Waals surface area contributed by atoms with Crippen LogP contribution in [0, 0.1) is 10.1 Å². The van der Waals surface area contributed by atoms with Gasteiger partial charge >= 0.3 is 5.69 Å². The number of anilines is 2. The van der Waals surface area contributed by atoms with Crippen molar-refractivity contribution in [2.75, 3.05) is 10.6 Å². The Labute approximate surface area is 121 Å². The van der Waals surface area contributed by atoms with E-state index in [9.17, 15) is 10.1 Å². The van der Waals surface area contributed by atoms with Gasteiger partial charge in [-0.2, -0.15) is 0 Å². The number of rotatable bonds is 5. The smallest absolute Gasteiger partial charge is 0.353 e. The maximum absolute atomic E-state index is 11.3. The van der Waals surface area contributed by atoms with Gasteiger partial charge in [-0.25, -0.2) is 9.97 Å². The van der Waals surface area contributed by atoms with Crippen molar-refractivity contribution in [3.8, 4) is 0 Å². The van der Waals surface area contributed by atoms with Crippen LogP contribution in [0.4, 0.5) is 17.3 Å². The summed E-state index contributed by atoms with van der Waals surface area (Å²) < 4.78 is 5.18. The van der Waals surface area contributed by atoms with E-state index in [1.165, 1.54) is 12.6 Å². The molecule has 0 spiro atoms. The normalized spacial score (nSPS) is 11.2. The predicted molar refractivity (Wildman–Crippen MR) is 78.1 cm³/mol. The molecule has 112 valence electrons. The van der Waals surface area contributed by atoms with Gasteiger partial charge in [0.2, 0.25) is 11.6 Å². The van der Waals surface area contributed by atoms with E-state index < -0.39 is 4.92 Å². The number of nitro groups is 1. The van der Waals surface area contributed by atoms with E-state index in [0.29, 0.717) is 12.3 Å². The minimum absolute atomic E-state index is 0.151. The molecule has 8 heteroatoms. The van der Waals surface area contributed by atoms with Gasteiger partial charge in [0.1, 0.15) is 12.1 Å². The highest BCUT2D eigenvalue weighted by Crippen LogP contribution is 2.30. The standard InChI is InChI=1S/C13H17N5O3/c1-13(2,3)17-12-10(18(19)20)11(15-8-16-12)14-7-9-5-4-6-21-9/h4-6,8H,7H2,1-3H3,(H2,14,15,16,17). The van der Waals surface area contributed by atoms with Crippen LogP contribution in [0.25, 0.3) is 0 Å². The van der Waals surface area contributed by atoms with E-state index in [4.69, 9.17) is 4.42 Å². The van der Waals surface area contributed by atoms with Crippen LogP contribution in [-0.4, -0.2) is 20.4 Å². The predicted octanol–water partition coefficient (Wildman–Crippen LogP) is 2.80. The monoisotopic (exact) mass is 291 g/mol. The molecular formula is C13H17N5O3. The van der Waals surface area contributed by atoms with E-state index in [2.05, 4.69) is 20.6 Å². The molecule has 8 nitrogen and oxygen atoms in total. The second kappa shape index (κ2) is 5.78. The number of hydrogen-bond donors (Lipinski definition) is 2. The summed E-state index contributed by atoms with van der Waals surface area (Å²) in [7, 11) is 0. The Hall–Kier alpha value is -2.64. The Morgan fingerprint density at radius 3 is 2.62 bits per heavy atom. The lowest BCUT2D eigenvalue weighted by Gasteiger charge is -2.21. The van der Waals surface area contributed by atoms with E-state index in [1.807, 2.05) is 20.8 Å². The minimum Gasteiger partial charge on any atom is -0.467 e. The maximum atomic E-state index is 11.3. The Balaban J connectivity index is 2.27. The van der Waals surface area contributed by atoms with Crippen molar-refractivity contribution in [2.24, 2.45) is 0 Å². The molecule has 0 atom stereocenters. The molecule has 0 radical (unpaired) electrons. The molecule has 0 bridgehead atoms. The fourth-order valence-corrected chi connectivity index (χ4v) is 1.71. The van der Waals surface area contributed by atoms with Gasteiger partial charge in [0.25, 0.3) is 0 Å². The van der Waals surface area contributed by atoms with Crippen molar-refractivity contribution in [3.63, 3.8) is 0 Å². The number of nitrogens with zero attached hydrogens (tertiary/aromatic N) is 3. The molecule has 0 saturated heterocycles. The van der Waals surface area contributed by atoms with Gasteiger partial charge in [0.05, 0.1) is 17.7 Å². The van der Waals surface area contributed by atoms with Crippen molar-refractivity contribution in [1.29, 1.82) is 0 Å². The van der Waals surface area contributed by atoms with Crippen LogP contribution in [0.1, 0.15) is 26.5 Å². The molecule has 21 heavy (non-hydrogen) atoms. The summed E-state index contributed by atoms with van der Waals surface area (Å²) in [5.74, 6) is 0.996. The average Bonchev–Trinajstić information content (AvgIpc) is 2.87. The van der Waals surface area contributed by atoms with E-state index in [1.54, 1.807) is 12.1 Å². The molecule has 0 unspecified atom stereocenters. The third-order valence-corrected chi connectivity index (χ3v) is 2.51. The zero-order valence-electron chi connectivity index (χ0n) is 12.1. The van der Waals surface area contributed by atoms with Crippen LogP contribution < -0.4 is 10.6 Å².